The number of aromatic hydroxyl groups is 1. The number of likely N-dealkylation sites (tertiary alicyclic amines) is 1. The van der Waals surface area contributed by atoms with Crippen LogP contribution in [0.5, 0.6) is 5.75 Å². The second-order valence-corrected chi connectivity index (χ2v) is 12.8. The van der Waals surface area contributed by atoms with Crippen molar-refractivity contribution in [1.29, 1.82) is 0 Å². The zero-order valence-corrected chi connectivity index (χ0v) is 26.4. The number of urea groups is 2. The predicted octanol–water partition coefficient (Wildman–Crippen LogP) is -3.23. The summed E-state index contributed by atoms with van der Waals surface area (Å²) in [6, 6.07) is -3.76. The number of aromatic nitrogens is 2. The number of carboxylic acid groups (broad SMARTS) is 2. The Kier molecular flexibility index (Phi) is 9.48. The van der Waals surface area contributed by atoms with E-state index in [0.29, 0.717) is 16.0 Å². The van der Waals surface area contributed by atoms with Crippen LogP contribution >= 0.6 is 11.3 Å². The molecule has 2 aliphatic rings. The molecule has 2 aliphatic heterocycles. The van der Waals surface area contributed by atoms with Gasteiger partial charge in [0, 0.05) is 11.4 Å². The van der Waals surface area contributed by atoms with Gasteiger partial charge in [0.05, 0.1) is 19.6 Å². The largest absolute Gasteiger partial charge is 0.502 e. The quantitative estimate of drug-likeness (QED) is 0.0640. The van der Waals surface area contributed by atoms with Crippen molar-refractivity contribution in [2.24, 2.45) is 5.16 Å². The summed E-state index contributed by atoms with van der Waals surface area (Å²) in [7, 11) is -4.99. The number of nitrogens with zero attached hydrogens (tertiary/aromatic N) is 5. The molecule has 262 valence electrons. The molecule has 0 aliphatic carbocycles. The molecule has 49 heavy (non-hydrogen) atoms. The molecule has 1 unspecified atom stereocenters. The number of oxime groups is 1. The molecular weight excluding hydrogens is 704 g/mol. The zero-order chi connectivity index (χ0) is 36.6. The van der Waals surface area contributed by atoms with Crippen LogP contribution in [0.15, 0.2) is 21.4 Å². The average molecular weight is 729 g/mol. The van der Waals surface area contributed by atoms with E-state index in [-0.39, 0.29) is 15.1 Å². The maximum atomic E-state index is 12.9. The molecule has 0 spiro atoms. The molecule has 24 nitrogen and oxygen atoms in total. The topological polar surface area (TPSA) is 353 Å². The molecule has 4 rings (SSSR count). The Balaban J connectivity index is 1.37. The smallest absolute Gasteiger partial charge is 0.356 e. The van der Waals surface area contributed by atoms with Crippen molar-refractivity contribution >= 4 is 74.1 Å². The number of carbonyl (C=O) groups is 7. The number of anilines is 1. The van der Waals surface area contributed by atoms with Crippen molar-refractivity contribution in [3.63, 3.8) is 0 Å². The lowest BCUT2D eigenvalue weighted by Gasteiger charge is -2.36. The van der Waals surface area contributed by atoms with Gasteiger partial charge in [-0.2, -0.15) is 8.42 Å². The number of β-lactam (4-membered cyclic amide) rings is 1. The van der Waals surface area contributed by atoms with Crippen molar-refractivity contribution < 1.29 is 62.1 Å². The Bertz CT molecular complexity index is 1990. The third kappa shape index (κ3) is 7.32. The van der Waals surface area contributed by atoms with Crippen molar-refractivity contribution in [1.82, 2.24) is 39.6 Å². The standard InChI is InChI=1S/C23H24N10O14S2/c1-23(2,19(41)42)47-29-12(10-7-48-20(24)27-10)16(37)26-9-6-31(17(9)38)21(43)30-49(45,46)33-4-3-32(22(33)44)28-15(36)8-5-11(34)14(35)13(25-8)18(39)40/h5,7,9,35H,3-4,6H2,1-2H3,(H2,24,27)(H,25,34)(H,26,37)(H,28,36)(H,30,43)(H,39,40)(H,41,42). The van der Waals surface area contributed by atoms with E-state index >= 15 is 0 Å². The van der Waals surface area contributed by atoms with Gasteiger partial charge in [-0.3, -0.25) is 29.5 Å². The fraction of sp³-hybridized carbons (Fsp3) is 0.304. The van der Waals surface area contributed by atoms with Gasteiger partial charge in [0.25, 0.3) is 17.7 Å². The molecule has 1 atom stereocenters. The van der Waals surface area contributed by atoms with Crippen molar-refractivity contribution in [3.8, 4) is 5.75 Å². The van der Waals surface area contributed by atoms with E-state index in [2.05, 4.69) is 15.5 Å². The predicted molar refractivity (Wildman–Crippen MR) is 159 cm³/mol. The van der Waals surface area contributed by atoms with Crippen molar-refractivity contribution in [2.75, 3.05) is 25.4 Å². The van der Waals surface area contributed by atoms with Gasteiger partial charge in [-0.15, -0.1) is 11.3 Å². The minimum Gasteiger partial charge on any atom is -0.502 e. The van der Waals surface area contributed by atoms with E-state index in [4.69, 9.17) is 15.7 Å². The molecular formula is C23H24N10O14S2. The third-order valence-corrected chi connectivity index (χ3v) is 8.54. The van der Waals surface area contributed by atoms with Crippen LogP contribution in [0.25, 0.3) is 0 Å². The summed E-state index contributed by atoms with van der Waals surface area (Å²) in [6.45, 7) is 0.634. The summed E-state index contributed by atoms with van der Waals surface area (Å²) in [5.41, 5.74) is 2.00. The van der Waals surface area contributed by atoms with Crippen LogP contribution in [0.3, 0.4) is 0 Å². The average Bonchev–Trinajstić information content (AvgIpc) is 3.60. The second-order valence-electron chi connectivity index (χ2n) is 10.3. The van der Waals surface area contributed by atoms with Gasteiger partial charge in [-0.1, -0.05) is 5.16 Å². The molecule has 2 saturated heterocycles. The number of nitrogen functional groups attached to an aromatic ring is 1. The Morgan fingerprint density at radius 2 is 1.84 bits per heavy atom. The molecule has 26 heteroatoms. The number of aromatic amines is 1. The molecule has 0 radical (unpaired) electrons. The first-order valence-electron chi connectivity index (χ1n) is 13.2. The number of pyridine rings is 1. The second kappa shape index (κ2) is 13.1. The maximum Gasteiger partial charge on any atom is 0.356 e. The molecule has 0 saturated carbocycles. The summed E-state index contributed by atoms with van der Waals surface area (Å²) < 4.78 is 27.3. The number of carbonyl (C=O) groups excluding carboxylic acids is 5. The highest BCUT2D eigenvalue weighted by Crippen LogP contribution is 2.18. The lowest BCUT2D eigenvalue weighted by molar-refractivity contribution is -0.161. The van der Waals surface area contributed by atoms with Crippen LogP contribution < -0.4 is 26.6 Å². The number of aromatic carboxylic acids is 1. The molecule has 4 heterocycles. The van der Waals surface area contributed by atoms with Crippen LogP contribution in [-0.4, -0.2) is 127 Å². The first kappa shape index (κ1) is 35.5. The minimum atomic E-state index is -4.99. The summed E-state index contributed by atoms with van der Waals surface area (Å²) in [6.07, 6.45) is 0. The van der Waals surface area contributed by atoms with E-state index in [0.717, 1.165) is 25.2 Å². The van der Waals surface area contributed by atoms with Gasteiger partial charge in [0.15, 0.2) is 22.3 Å². The number of thiazole rings is 1. The molecule has 9 N–H and O–H groups in total. The number of nitrogens with two attached hydrogens (primary N) is 1. The van der Waals surface area contributed by atoms with Crippen LogP contribution in [0.1, 0.15) is 40.5 Å². The lowest BCUT2D eigenvalue weighted by atomic mass is 10.1. The van der Waals surface area contributed by atoms with E-state index in [9.17, 15) is 57.0 Å². The molecule has 0 bridgehead atoms. The number of hydrogen-bond donors (Lipinski definition) is 8. The van der Waals surface area contributed by atoms with E-state index in [1.807, 2.05) is 10.4 Å². The van der Waals surface area contributed by atoms with Crippen LogP contribution in [0.2, 0.25) is 0 Å². The number of hydrogen-bond acceptors (Lipinski definition) is 16. The minimum absolute atomic E-state index is 0.0155. The highest BCUT2D eigenvalue weighted by Gasteiger charge is 2.46. The van der Waals surface area contributed by atoms with Gasteiger partial charge in [-0.25, -0.2) is 38.2 Å². The normalized spacial score (nSPS) is 16.6. The Labute approximate surface area is 276 Å². The molecule has 2 aromatic heterocycles. The van der Waals surface area contributed by atoms with Gasteiger partial charge in [0.2, 0.25) is 11.0 Å². The lowest BCUT2D eigenvalue weighted by Crippen LogP contribution is -2.68. The fourth-order valence-electron chi connectivity index (χ4n) is 3.82. The van der Waals surface area contributed by atoms with E-state index in [1.54, 1.807) is 0 Å². The number of amides is 7. The van der Waals surface area contributed by atoms with Crippen molar-refractivity contribution in [3.05, 3.63) is 38.8 Å². The van der Waals surface area contributed by atoms with Gasteiger partial charge < -0.3 is 36.2 Å². The Hall–Kier alpha value is -6.31. The van der Waals surface area contributed by atoms with Gasteiger partial charge >= 0.3 is 34.2 Å². The highest BCUT2D eigenvalue weighted by atomic mass is 32.2. The number of rotatable bonds is 11. The van der Waals surface area contributed by atoms with Crippen LogP contribution in [-0.2, 0) is 29.4 Å². The summed E-state index contributed by atoms with van der Waals surface area (Å²) >= 11 is 0.910. The molecule has 0 aromatic carbocycles. The number of H-pyrrole nitrogens is 1. The van der Waals surface area contributed by atoms with E-state index < -0.39 is 111 Å². The first-order valence-corrected chi connectivity index (χ1v) is 15.5. The van der Waals surface area contributed by atoms with Gasteiger partial charge in [0.1, 0.15) is 17.4 Å². The molecule has 7 amide bonds. The highest BCUT2D eigenvalue weighted by molar-refractivity contribution is 7.88. The number of hydrazine groups is 1. The number of nitrogens with one attached hydrogen (secondary N) is 4. The summed E-state index contributed by atoms with van der Waals surface area (Å²) in [5, 5.41) is 35.4. The Morgan fingerprint density at radius 3 is 2.41 bits per heavy atom. The first-order chi connectivity index (χ1) is 22.7. The van der Waals surface area contributed by atoms with Crippen molar-refractivity contribution in [2.45, 2.75) is 25.5 Å². The summed E-state index contributed by atoms with van der Waals surface area (Å²) in [5.74, 6) is -7.83. The van der Waals surface area contributed by atoms with Gasteiger partial charge in [-0.05, 0) is 13.8 Å². The fourth-order valence-corrected chi connectivity index (χ4v) is 5.43. The number of carboxylic acids is 2. The Morgan fingerprint density at radius 1 is 1.16 bits per heavy atom. The van der Waals surface area contributed by atoms with E-state index in [1.165, 1.54) is 10.1 Å². The monoisotopic (exact) mass is 728 g/mol. The molecule has 2 fully saturated rings. The van der Waals surface area contributed by atoms with Crippen LogP contribution in [0.4, 0.5) is 14.7 Å². The zero-order valence-electron chi connectivity index (χ0n) is 24.8. The summed E-state index contributed by atoms with van der Waals surface area (Å²) in [4.78, 5) is 109. The third-order valence-electron chi connectivity index (χ3n) is 6.52. The van der Waals surface area contributed by atoms with Crippen LogP contribution in [0, 0.1) is 0 Å². The number of imide groups is 1. The number of aliphatic carboxylic acids is 1. The SMILES string of the molecule is CC(C)(ON=C(C(=O)NC1CN(C(=O)NS(=O)(=O)N2CCN(NC(=O)c3cc(=O)c(O)c(C(=O)O)[nH]3)C2=O)C1=O)c1csc(N)n1)C(=O)O. The maximum absolute atomic E-state index is 12.9. The molecule has 2 aromatic rings.